The number of rotatable bonds is 6. The zero-order valence-corrected chi connectivity index (χ0v) is 14.1. The van der Waals surface area contributed by atoms with E-state index in [0.717, 1.165) is 24.8 Å². The molecule has 1 aromatic carbocycles. The molecule has 0 bridgehead atoms. The molecule has 21 heavy (non-hydrogen) atoms. The van der Waals surface area contributed by atoms with Crippen LogP contribution in [-0.2, 0) is 15.4 Å². The van der Waals surface area contributed by atoms with Crippen molar-refractivity contribution >= 4 is 10.0 Å². The van der Waals surface area contributed by atoms with Crippen LogP contribution < -0.4 is 0 Å². The lowest BCUT2D eigenvalue weighted by Gasteiger charge is -2.27. The lowest BCUT2D eigenvalue weighted by molar-refractivity contribution is 0.187. The van der Waals surface area contributed by atoms with Crippen LogP contribution in [0.25, 0.3) is 0 Å². The van der Waals surface area contributed by atoms with E-state index in [1.807, 2.05) is 12.1 Å². The van der Waals surface area contributed by atoms with Crippen molar-refractivity contribution in [1.29, 1.82) is 0 Å². The molecule has 1 N–H and O–H groups in total. The summed E-state index contributed by atoms with van der Waals surface area (Å²) in [5, 5.41) is 9.41. The Morgan fingerprint density at radius 1 is 1.24 bits per heavy atom. The first-order valence-electron chi connectivity index (χ1n) is 7.40. The zero-order valence-electron chi connectivity index (χ0n) is 13.3. The van der Waals surface area contributed by atoms with Gasteiger partial charge in [-0.15, -0.1) is 0 Å². The molecule has 0 radical (unpaired) electrons. The summed E-state index contributed by atoms with van der Waals surface area (Å²) in [4.78, 5) is 0.292. The summed E-state index contributed by atoms with van der Waals surface area (Å²) in [5.41, 5.74) is 0.590. The van der Waals surface area contributed by atoms with E-state index >= 15 is 0 Å². The molecule has 118 valence electrons. The summed E-state index contributed by atoms with van der Waals surface area (Å²) in [5.74, 6) is 0. The van der Waals surface area contributed by atoms with Gasteiger partial charge < -0.3 is 5.11 Å². The first-order valence-corrected chi connectivity index (χ1v) is 8.84. The highest BCUT2D eigenvalue weighted by Gasteiger charge is 2.50. The quantitative estimate of drug-likeness (QED) is 0.878. The van der Waals surface area contributed by atoms with E-state index in [1.54, 1.807) is 19.2 Å². The van der Waals surface area contributed by atoms with Crippen molar-refractivity contribution in [2.75, 3.05) is 13.7 Å². The Morgan fingerprint density at radius 3 is 2.14 bits per heavy atom. The van der Waals surface area contributed by atoms with Gasteiger partial charge in [-0.3, -0.25) is 0 Å². The minimum Gasteiger partial charge on any atom is -0.394 e. The lowest BCUT2D eigenvalue weighted by atomic mass is 9.82. The number of hydrogen-bond donors (Lipinski definition) is 1. The van der Waals surface area contributed by atoms with Gasteiger partial charge in [0.1, 0.15) is 0 Å². The summed E-state index contributed by atoms with van der Waals surface area (Å²) >= 11 is 0. The molecule has 0 aromatic heterocycles. The fourth-order valence-corrected chi connectivity index (χ4v) is 3.96. The van der Waals surface area contributed by atoms with Gasteiger partial charge in [0.05, 0.1) is 17.0 Å². The largest absolute Gasteiger partial charge is 0.394 e. The van der Waals surface area contributed by atoms with Crippen LogP contribution in [0.15, 0.2) is 29.2 Å². The first-order chi connectivity index (χ1) is 9.69. The Kier molecular flexibility index (Phi) is 4.21. The third kappa shape index (κ3) is 2.87. The maximum Gasteiger partial charge on any atom is 0.243 e. The van der Waals surface area contributed by atoms with Gasteiger partial charge >= 0.3 is 0 Å². The fraction of sp³-hybridized carbons (Fsp3) is 0.625. The van der Waals surface area contributed by atoms with Crippen LogP contribution in [0, 0.1) is 0 Å². The van der Waals surface area contributed by atoms with E-state index in [4.69, 9.17) is 0 Å². The topological polar surface area (TPSA) is 57.6 Å². The van der Waals surface area contributed by atoms with Gasteiger partial charge in [0.2, 0.25) is 10.0 Å². The Balaban J connectivity index is 2.30. The first kappa shape index (κ1) is 16.5. The van der Waals surface area contributed by atoms with Crippen molar-refractivity contribution in [1.82, 2.24) is 4.31 Å². The normalized spacial score (nSPS) is 18.0. The van der Waals surface area contributed by atoms with E-state index in [2.05, 4.69) is 20.8 Å². The molecule has 1 fully saturated rings. The Hall–Kier alpha value is -0.910. The van der Waals surface area contributed by atoms with Gasteiger partial charge in [-0.1, -0.05) is 32.9 Å². The predicted molar refractivity (Wildman–Crippen MR) is 83.8 cm³/mol. The van der Waals surface area contributed by atoms with Gasteiger partial charge in [0.25, 0.3) is 0 Å². The van der Waals surface area contributed by atoms with Crippen LogP contribution in [0.3, 0.4) is 0 Å². The number of aliphatic hydroxyl groups excluding tert-OH is 1. The zero-order chi connectivity index (χ0) is 15.9. The van der Waals surface area contributed by atoms with Gasteiger partial charge in [-0.05, 0) is 42.4 Å². The van der Waals surface area contributed by atoms with Crippen molar-refractivity contribution < 1.29 is 13.5 Å². The monoisotopic (exact) mass is 311 g/mol. The van der Waals surface area contributed by atoms with E-state index in [1.165, 1.54) is 4.31 Å². The molecule has 0 spiro atoms. The summed E-state index contributed by atoms with van der Waals surface area (Å²) in [6.07, 6.45) is 2.44. The maximum atomic E-state index is 12.6. The van der Waals surface area contributed by atoms with Crippen molar-refractivity contribution in [2.24, 2.45) is 0 Å². The summed E-state index contributed by atoms with van der Waals surface area (Å²) in [7, 11) is -1.98. The second-order valence-corrected chi connectivity index (χ2v) is 8.59. The van der Waals surface area contributed by atoms with Crippen LogP contribution >= 0.6 is 0 Å². The smallest absolute Gasteiger partial charge is 0.243 e. The summed E-state index contributed by atoms with van der Waals surface area (Å²) in [6, 6.07) is 7.13. The highest BCUT2D eigenvalue weighted by molar-refractivity contribution is 7.89. The molecular weight excluding hydrogens is 286 g/mol. The molecule has 4 nitrogen and oxygen atoms in total. The molecule has 1 aliphatic rings. The molecule has 0 saturated heterocycles. The van der Waals surface area contributed by atoms with Gasteiger partial charge in [-0.2, -0.15) is 4.31 Å². The van der Waals surface area contributed by atoms with Crippen LogP contribution in [0.2, 0.25) is 0 Å². The SMILES string of the molecule is CCC(C)(C)c1ccc(S(=O)(=O)N(C)C2(CO)CC2)cc1. The summed E-state index contributed by atoms with van der Waals surface area (Å²) < 4.78 is 26.6. The van der Waals surface area contributed by atoms with E-state index in [0.29, 0.717) is 4.90 Å². The van der Waals surface area contributed by atoms with Crippen molar-refractivity contribution in [3.8, 4) is 0 Å². The van der Waals surface area contributed by atoms with Crippen molar-refractivity contribution in [3.63, 3.8) is 0 Å². The highest BCUT2D eigenvalue weighted by atomic mass is 32.2. The van der Waals surface area contributed by atoms with Crippen molar-refractivity contribution in [2.45, 2.75) is 55.9 Å². The van der Waals surface area contributed by atoms with E-state index < -0.39 is 15.6 Å². The van der Waals surface area contributed by atoms with Crippen LogP contribution in [-0.4, -0.2) is 37.0 Å². The highest BCUT2D eigenvalue weighted by Crippen LogP contribution is 2.43. The number of aliphatic hydroxyl groups is 1. The summed E-state index contributed by atoms with van der Waals surface area (Å²) in [6.45, 7) is 6.29. The molecule has 5 heteroatoms. The Morgan fingerprint density at radius 2 is 1.76 bits per heavy atom. The molecule has 0 heterocycles. The second kappa shape index (κ2) is 5.38. The van der Waals surface area contributed by atoms with E-state index in [-0.39, 0.29) is 12.0 Å². The standard InChI is InChI=1S/C16H25NO3S/c1-5-15(2,3)13-6-8-14(9-7-13)21(19,20)17(4)16(12-18)10-11-16/h6-9,18H,5,10-12H2,1-4H3. The molecule has 1 saturated carbocycles. The Labute approximate surface area is 127 Å². The minimum absolute atomic E-state index is 0.0387. The average molecular weight is 311 g/mol. The fourth-order valence-electron chi connectivity index (χ4n) is 2.41. The second-order valence-electron chi connectivity index (χ2n) is 6.62. The predicted octanol–water partition coefficient (Wildman–Crippen LogP) is 2.52. The average Bonchev–Trinajstić information content (AvgIpc) is 3.27. The van der Waals surface area contributed by atoms with E-state index in [9.17, 15) is 13.5 Å². The molecule has 1 aliphatic carbocycles. The molecule has 0 amide bonds. The van der Waals surface area contributed by atoms with Gasteiger partial charge in [0, 0.05) is 7.05 Å². The molecular formula is C16H25NO3S. The number of nitrogens with zero attached hydrogens (tertiary/aromatic N) is 1. The minimum atomic E-state index is -3.54. The Bertz CT molecular complexity index is 601. The number of likely N-dealkylation sites (N-methyl/N-ethyl adjacent to an activating group) is 1. The molecule has 0 unspecified atom stereocenters. The maximum absolute atomic E-state index is 12.6. The number of benzene rings is 1. The van der Waals surface area contributed by atoms with Crippen LogP contribution in [0.4, 0.5) is 0 Å². The van der Waals surface area contributed by atoms with Gasteiger partial charge in [-0.25, -0.2) is 8.42 Å². The lowest BCUT2D eigenvalue weighted by Crippen LogP contribution is -2.41. The third-order valence-electron chi connectivity index (χ3n) is 4.97. The molecule has 0 atom stereocenters. The van der Waals surface area contributed by atoms with Gasteiger partial charge in [0.15, 0.2) is 0 Å². The van der Waals surface area contributed by atoms with Crippen molar-refractivity contribution in [3.05, 3.63) is 29.8 Å². The van der Waals surface area contributed by atoms with Crippen LogP contribution in [0.1, 0.15) is 45.6 Å². The number of hydrogen-bond acceptors (Lipinski definition) is 3. The molecule has 1 aromatic rings. The molecule has 0 aliphatic heterocycles. The molecule has 2 rings (SSSR count). The third-order valence-corrected chi connectivity index (χ3v) is 6.94. The van der Waals surface area contributed by atoms with Crippen LogP contribution in [0.5, 0.6) is 0 Å². The number of sulfonamides is 1.